The van der Waals surface area contributed by atoms with Crippen molar-refractivity contribution in [3.8, 4) is 0 Å². The minimum Gasteiger partial charge on any atom is -0.450 e. The van der Waals surface area contributed by atoms with E-state index in [0.717, 1.165) is 5.56 Å². The lowest BCUT2D eigenvalue weighted by Crippen LogP contribution is -2.26. The molecular weight excluding hydrogens is 348 g/mol. The number of aliphatic hydroxyl groups is 1. The van der Waals surface area contributed by atoms with E-state index in [1.165, 1.54) is 17.4 Å². The van der Waals surface area contributed by atoms with Crippen LogP contribution in [0.15, 0.2) is 44.6 Å². The Morgan fingerprint density at radius 1 is 1.40 bits per heavy atom. The molecule has 2 heterocycles. The van der Waals surface area contributed by atoms with Crippen molar-refractivity contribution < 1.29 is 17.9 Å². The topological polar surface area (TPSA) is 83.6 Å². The summed E-state index contributed by atoms with van der Waals surface area (Å²) in [5.41, 5.74) is 0.827. The number of pyridine rings is 1. The van der Waals surface area contributed by atoms with Crippen molar-refractivity contribution in [3.63, 3.8) is 0 Å². The first-order chi connectivity index (χ1) is 9.45. The number of aromatic nitrogens is 1. The lowest BCUT2D eigenvalue weighted by Gasteiger charge is -2.16. The molecule has 0 aliphatic heterocycles. The van der Waals surface area contributed by atoms with E-state index in [1.54, 1.807) is 24.5 Å². The molecule has 0 unspecified atom stereocenters. The molecule has 0 amide bonds. The molecule has 0 aliphatic carbocycles. The second-order valence-electron chi connectivity index (χ2n) is 4.13. The van der Waals surface area contributed by atoms with Crippen LogP contribution in [0.2, 0.25) is 0 Å². The third kappa shape index (κ3) is 3.09. The predicted molar refractivity (Wildman–Crippen MR) is 75.2 cm³/mol. The average Bonchev–Trinajstić information content (AvgIpc) is 2.82. The molecule has 0 spiro atoms. The molecule has 0 saturated carbocycles. The van der Waals surface area contributed by atoms with E-state index in [9.17, 15) is 8.42 Å². The number of nitrogens with zero attached hydrogens (tertiary/aromatic N) is 2. The Bertz CT molecular complexity index is 685. The van der Waals surface area contributed by atoms with Crippen molar-refractivity contribution in [2.75, 3.05) is 7.05 Å². The number of rotatable bonds is 5. The van der Waals surface area contributed by atoms with Gasteiger partial charge < -0.3 is 9.52 Å². The van der Waals surface area contributed by atoms with E-state index in [4.69, 9.17) is 9.52 Å². The summed E-state index contributed by atoms with van der Waals surface area (Å²) in [5, 5.41) is 8.98. The lowest BCUT2D eigenvalue weighted by molar-refractivity contribution is 0.245. The molecular formula is C12H13BrN2O4S. The van der Waals surface area contributed by atoms with Gasteiger partial charge in [-0.3, -0.25) is 4.98 Å². The van der Waals surface area contributed by atoms with Gasteiger partial charge in [-0.15, -0.1) is 0 Å². The number of halogens is 1. The maximum absolute atomic E-state index is 12.4. The van der Waals surface area contributed by atoms with E-state index in [0.29, 0.717) is 0 Å². The van der Waals surface area contributed by atoms with Crippen molar-refractivity contribution in [2.45, 2.75) is 18.0 Å². The van der Waals surface area contributed by atoms with Crippen molar-refractivity contribution >= 4 is 26.0 Å². The van der Waals surface area contributed by atoms with Gasteiger partial charge in [0.2, 0.25) is 10.0 Å². The fourth-order valence-electron chi connectivity index (χ4n) is 1.65. The Morgan fingerprint density at radius 2 is 2.05 bits per heavy atom. The average molecular weight is 361 g/mol. The predicted octanol–water partition coefficient (Wildman–Crippen LogP) is 1.75. The SMILES string of the molecule is CN(Cc1ccncc1)S(=O)(=O)c1cc(CO)oc1Br. The summed E-state index contributed by atoms with van der Waals surface area (Å²) in [5.74, 6) is 0.188. The van der Waals surface area contributed by atoms with Gasteiger partial charge in [0.25, 0.3) is 0 Å². The van der Waals surface area contributed by atoms with Crippen molar-refractivity contribution in [2.24, 2.45) is 0 Å². The molecule has 2 aromatic rings. The molecule has 2 aromatic heterocycles. The van der Waals surface area contributed by atoms with Crippen LogP contribution in [-0.4, -0.2) is 29.9 Å². The summed E-state index contributed by atoms with van der Waals surface area (Å²) >= 11 is 3.05. The summed E-state index contributed by atoms with van der Waals surface area (Å²) in [6, 6.07) is 4.80. The van der Waals surface area contributed by atoms with Gasteiger partial charge in [0.15, 0.2) is 4.67 Å². The minimum atomic E-state index is -3.70. The highest BCUT2D eigenvalue weighted by Crippen LogP contribution is 2.28. The van der Waals surface area contributed by atoms with E-state index >= 15 is 0 Å². The van der Waals surface area contributed by atoms with E-state index < -0.39 is 10.0 Å². The number of sulfonamides is 1. The zero-order valence-electron chi connectivity index (χ0n) is 10.7. The number of aliphatic hydroxyl groups excluding tert-OH is 1. The highest BCUT2D eigenvalue weighted by molar-refractivity contribution is 9.10. The third-order valence-corrected chi connectivity index (χ3v) is 5.37. The van der Waals surface area contributed by atoms with Gasteiger partial charge >= 0.3 is 0 Å². The highest BCUT2D eigenvalue weighted by Gasteiger charge is 2.27. The summed E-state index contributed by atoms with van der Waals surface area (Å²) in [6.45, 7) is -0.140. The van der Waals surface area contributed by atoms with Gasteiger partial charge in [-0.1, -0.05) is 0 Å². The summed E-state index contributed by atoms with van der Waals surface area (Å²) in [4.78, 5) is 3.88. The van der Waals surface area contributed by atoms with Crippen LogP contribution in [0.5, 0.6) is 0 Å². The van der Waals surface area contributed by atoms with Gasteiger partial charge in [0, 0.05) is 32.1 Å². The van der Waals surface area contributed by atoms with Crippen LogP contribution in [0.3, 0.4) is 0 Å². The van der Waals surface area contributed by atoms with Gasteiger partial charge in [-0.2, -0.15) is 4.31 Å². The first kappa shape index (κ1) is 15.2. The molecule has 108 valence electrons. The van der Waals surface area contributed by atoms with Crippen molar-refractivity contribution in [3.05, 3.63) is 46.6 Å². The van der Waals surface area contributed by atoms with Crippen LogP contribution >= 0.6 is 15.9 Å². The Morgan fingerprint density at radius 3 is 2.60 bits per heavy atom. The first-order valence-electron chi connectivity index (χ1n) is 5.69. The zero-order chi connectivity index (χ0) is 14.8. The van der Waals surface area contributed by atoms with E-state index in [-0.39, 0.29) is 28.5 Å². The normalized spacial score (nSPS) is 12.0. The quantitative estimate of drug-likeness (QED) is 0.877. The second-order valence-corrected chi connectivity index (χ2v) is 6.86. The molecule has 8 heteroatoms. The molecule has 0 radical (unpaired) electrons. The van der Waals surface area contributed by atoms with E-state index in [2.05, 4.69) is 20.9 Å². The van der Waals surface area contributed by atoms with Crippen LogP contribution in [0.1, 0.15) is 11.3 Å². The molecule has 2 rings (SSSR count). The molecule has 20 heavy (non-hydrogen) atoms. The summed E-state index contributed by atoms with van der Waals surface area (Å²) < 4.78 is 31.2. The van der Waals surface area contributed by atoms with Crippen LogP contribution in [0.4, 0.5) is 0 Å². The van der Waals surface area contributed by atoms with Crippen molar-refractivity contribution in [1.82, 2.24) is 9.29 Å². The fraction of sp³-hybridized carbons (Fsp3) is 0.250. The second kappa shape index (κ2) is 6.04. The molecule has 6 nitrogen and oxygen atoms in total. The first-order valence-corrected chi connectivity index (χ1v) is 7.92. The Hall–Kier alpha value is -1.22. The van der Waals surface area contributed by atoms with Crippen LogP contribution in [-0.2, 0) is 23.2 Å². The minimum absolute atomic E-state index is 0.00175. The third-order valence-electron chi connectivity index (χ3n) is 2.71. The molecule has 0 saturated heterocycles. The van der Waals surface area contributed by atoms with Crippen molar-refractivity contribution in [1.29, 1.82) is 0 Å². The molecule has 0 aliphatic rings. The fourth-order valence-corrected chi connectivity index (χ4v) is 3.77. The van der Waals surface area contributed by atoms with E-state index in [1.807, 2.05) is 0 Å². The number of furan rings is 1. The zero-order valence-corrected chi connectivity index (χ0v) is 13.1. The monoisotopic (exact) mass is 360 g/mol. The van der Waals surface area contributed by atoms with Gasteiger partial charge in [-0.05, 0) is 33.6 Å². The largest absolute Gasteiger partial charge is 0.450 e. The smallest absolute Gasteiger partial charge is 0.247 e. The molecule has 1 N–H and O–H groups in total. The summed E-state index contributed by atoms with van der Waals surface area (Å²) in [6.07, 6.45) is 3.21. The van der Waals surface area contributed by atoms with Crippen LogP contribution in [0.25, 0.3) is 0 Å². The van der Waals surface area contributed by atoms with Crippen LogP contribution < -0.4 is 0 Å². The van der Waals surface area contributed by atoms with Gasteiger partial charge in [0.05, 0.1) is 0 Å². The number of hydrogen-bond acceptors (Lipinski definition) is 5. The lowest BCUT2D eigenvalue weighted by atomic mass is 10.3. The maximum Gasteiger partial charge on any atom is 0.247 e. The molecule has 0 aromatic carbocycles. The Balaban J connectivity index is 2.27. The summed E-state index contributed by atoms with van der Waals surface area (Å²) in [7, 11) is -2.22. The molecule has 0 fully saturated rings. The Labute approximate surface area is 125 Å². The van der Waals surface area contributed by atoms with Crippen LogP contribution in [0, 0.1) is 0 Å². The molecule has 0 bridgehead atoms. The van der Waals surface area contributed by atoms with Gasteiger partial charge in [0.1, 0.15) is 17.3 Å². The molecule has 0 atom stereocenters. The maximum atomic E-state index is 12.4. The Kier molecular flexibility index (Phi) is 4.59. The standard InChI is InChI=1S/C12H13BrN2O4S/c1-15(7-9-2-4-14-5-3-9)20(17,18)11-6-10(8-16)19-12(11)13/h2-6,16H,7-8H2,1H3. The van der Waals surface area contributed by atoms with Gasteiger partial charge in [-0.25, -0.2) is 8.42 Å². The highest BCUT2D eigenvalue weighted by atomic mass is 79.9. The number of hydrogen-bond donors (Lipinski definition) is 1.